The maximum Gasteiger partial charge on any atom is 0.343 e. The number of hydrogen-bond donors (Lipinski definition) is 0. The van der Waals surface area contributed by atoms with E-state index in [9.17, 15) is 9.59 Å². The molecule has 26 heavy (non-hydrogen) atoms. The molecule has 3 aromatic rings. The van der Waals surface area contributed by atoms with Crippen LogP contribution in [-0.4, -0.2) is 11.8 Å². The molecule has 0 saturated carbocycles. The summed E-state index contributed by atoms with van der Waals surface area (Å²) in [7, 11) is 0. The molecule has 0 saturated heterocycles. The van der Waals surface area contributed by atoms with E-state index in [1.54, 1.807) is 42.5 Å². The van der Waals surface area contributed by atoms with Crippen LogP contribution in [0.25, 0.3) is 0 Å². The molecule has 0 fully saturated rings. The molecule has 0 bridgehead atoms. The molecule has 0 amide bonds. The van der Waals surface area contributed by atoms with Gasteiger partial charge in [-0.25, -0.2) is 4.79 Å². The molecule has 0 radical (unpaired) electrons. The van der Waals surface area contributed by atoms with Crippen LogP contribution in [0, 0.1) is 0 Å². The lowest BCUT2D eigenvalue weighted by molar-refractivity contribution is 0.0734. The highest BCUT2D eigenvalue weighted by Crippen LogP contribution is 2.37. The molecular formula is C22H16O4. The van der Waals surface area contributed by atoms with Gasteiger partial charge in [0, 0.05) is 6.07 Å². The van der Waals surface area contributed by atoms with Gasteiger partial charge < -0.3 is 9.47 Å². The number of fused-ring (bicyclic) bond motifs is 1. The van der Waals surface area contributed by atoms with Gasteiger partial charge in [0.25, 0.3) is 0 Å². The maximum atomic E-state index is 12.4. The number of benzene rings is 3. The van der Waals surface area contributed by atoms with Crippen LogP contribution in [0.15, 0.2) is 78.9 Å². The Balaban J connectivity index is 1.58. The fraction of sp³-hybridized carbons (Fsp3) is 0.0909. The molecule has 1 aliphatic heterocycles. The highest BCUT2D eigenvalue weighted by Gasteiger charge is 2.28. The Kier molecular flexibility index (Phi) is 4.23. The summed E-state index contributed by atoms with van der Waals surface area (Å²) in [4.78, 5) is 24.6. The Morgan fingerprint density at radius 3 is 2.35 bits per heavy atom. The third kappa shape index (κ3) is 3.22. The first-order valence-corrected chi connectivity index (χ1v) is 8.37. The van der Waals surface area contributed by atoms with Gasteiger partial charge in [0.15, 0.2) is 5.78 Å². The zero-order valence-electron chi connectivity index (χ0n) is 13.9. The summed E-state index contributed by atoms with van der Waals surface area (Å²) in [5, 5.41) is 0. The number of ketones is 1. The summed E-state index contributed by atoms with van der Waals surface area (Å²) in [5.74, 6) is 0.348. The normalized spacial score (nSPS) is 15.7. The van der Waals surface area contributed by atoms with Crippen LogP contribution < -0.4 is 9.47 Å². The Bertz CT molecular complexity index is 948. The summed E-state index contributed by atoms with van der Waals surface area (Å²) in [5.41, 5.74) is 1.92. The van der Waals surface area contributed by atoms with Crippen molar-refractivity contribution in [2.45, 2.75) is 12.5 Å². The molecular weight excluding hydrogens is 328 g/mol. The number of esters is 1. The van der Waals surface area contributed by atoms with E-state index in [1.165, 1.54) is 0 Å². The van der Waals surface area contributed by atoms with Crippen molar-refractivity contribution in [3.63, 3.8) is 0 Å². The second kappa shape index (κ2) is 6.84. The predicted molar refractivity (Wildman–Crippen MR) is 96.6 cm³/mol. The third-order valence-corrected chi connectivity index (χ3v) is 4.28. The summed E-state index contributed by atoms with van der Waals surface area (Å²) in [6.45, 7) is 0. The number of hydrogen-bond acceptors (Lipinski definition) is 4. The van der Waals surface area contributed by atoms with E-state index < -0.39 is 5.97 Å². The molecule has 0 spiro atoms. The van der Waals surface area contributed by atoms with E-state index in [4.69, 9.17) is 9.47 Å². The first-order chi connectivity index (χ1) is 12.7. The molecule has 0 aliphatic carbocycles. The Hall–Kier alpha value is -3.40. The van der Waals surface area contributed by atoms with E-state index >= 15 is 0 Å². The lowest BCUT2D eigenvalue weighted by Crippen LogP contribution is -2.20. The zero-order chi connectivity index (χ0) is 17.9. The van der Waals surface area contributed by atoms with Gasteiger partial charge in [0.1, 0.15) is 17.6 Å². The van der Waals surface area contributed by atoms with Crippen molar-refractivity contribution in [2.75, 3.05) is 0 Å². The molecule has 1 atom stereocenters. The molecule has 0 aromatic heterocycles. The quantitative estimate of drug-likeness (QED) is 0.514. The minimum atomic E-state index is -0.452. The Morgan fingerprint density at radius 2 is 1.62 bits per heavy atom. The summed E-state index contributed by atoms with van der Waals surface area (Å²) in [6.07, 6.45) is -0.0450. The van der Waals surface area contributed by atoms with Gasteiger partial charge in [0.05, 0.1) is 17.5 Å². The van der Waals surface area contributed by atoms with Gasteiger partial charge in [-0.3, -0.25) is 4.79 Å². The highest BCUT2D eigenvalue weighted by atomic mass is 16.5. The number of ether oxygens (including phenoxy) is 2. The molecule has 1 aliphatic rings. The Morgan fingerprint density at radius 1 is 0.923 bits per heavy atom. The van der Waals surface area contributed by atoms with Crippen LogP contribution in [-0.2, 0) is 0 Å². The Labute approximate surface area is 151 Å². The molecule has 4 heteroatoms. The van der Waals surface area contributed by atoms with E-state index in [-0.39, 0.29) is 11.9 Å². The van der Waals surface area contributed by atoms with Crippen molar-refractivity contribution in [1.29, 1.82) is 0 Å². The highest BCUT2D eigenvalue weighted by molar-refractivity contribution is 6.00. The number of rotatable bonds is 3. The first kappa shape index (κ1) is 16.1. The van der Waals surface area contributed by atoms with Crippen LogP contribution in [0.3, 0.4) is 0 Å². The van der Waals surface area contributed by atoms with Crippen molar-refractivity contribution in [3.05, 3.63) is 95.6 Å². The van der Waals surface area contributed by atoms with E-state index in [1.807, 2.05) is 36.4 Å². The molecule has 0 N–H and O–H groups in total. The smallest absolute Gasteiger partial charge is 0.343 e. The van der Waals surface area contributed by atoms with Crippen LogP contribution in [0.1, 0.15) is 38.8 Å². The summed E-state index contributed by atoms with van der Waals surface area (Å²) in [6, 6.07) is 23.2. The van der Waals surface area contributed by atoms with E-state index in [0.29, 0.717) is 29.0 Å². The molecule has 3 aromatic carbocycles. The number of carbonyl (C=O) groups excluding carboxylic acids is 2. The van der Waals surface area contributed by atoms with Crippen molar-refractivity contribution in [3.8, 4) is 11.5 Å². The van der Waals surface area contributed by atoms with E-state index in [2.05, 4.69) is 0 Å². The number of Topliss-reactive ketones (excluding diaryl/α,β-unsaturated/α-hetero) is 1. The van der Waals surface area contributed by atoms with Crippen LogP contribution in [0.2, 0.25) is 0 Å². The fourth-order valence-electron chi connectivity index (χ4n) is 2.96. The van der Waals surface area contributed by atoms with Crippen LogP contribution in [0.5, 0.6) is 11.5 Å². The van der Waals surface area contributed by atoms with Gasteiger partial charge in [-0.1, -0.05) is 48.5 Å². The average molecular weight is 344 g/mol. The largest absolute Gasteiger partial charge is 0.484 e. The molecule has 1 unspecified atom stereocenters. The van der Waals surface area contributed by atoms with Gasteiger partial charge in [-0.05, 0) is 29.8 Å². The summed E-state index contributed by atoms with van der Waals surface area (Å²) < 4.78 is 11.4. The van der Waals surface area contributed by atoms with Gasteiger partial charge in [0.2, 0.25) is 0 Å². The van der Waals surface area contributed by atoms with Crippen molar-refractivity contribution < 1.29 is 19.1 Å². The van der Waals surface area contributed by atoms with Crippen molar-refractivity contribution >= 4 is 11.8 Å². The monoisotopic (exact) mass is 344 g/mol. The van der Waals surface area contributed by atoms with Crippen molar-refractivity contribution in [1.82, 2.24) is 0 Å². The molecule has 4 nitrogen and oxygen atoms in total. The lowest BCUT2D eigenvalue weighted by Gasteiger charge is -2.25. The maximum absolute atomic E-state index is 12.4. The topological polar surface area (TPSA) is 52.6 Å². The number of carbonyl (C=O) groups is 2. The predicted octanol–water partition coefficient (Wildman–Crippen LogP) is 4.61. The average Bonchev–Trinajstić information content (AvgIpc) is 2.69. The minimum Gasteiger partial charge on any atom is -0.484 e. The van der Waals surface area contributed by atoms with E-state index in [0.717, 1.165) is 5.56 Å². The first-order valence-electron chi connectivity index (χ1n) is 8.37. The van der Waals surface area contributed by atoms with Gasteiger partial charge in [-0.15, -0.1) is 0 Å². The molecule has 128 valence electrons. The van der Waals surface area contributed by atoms with Crippen molar-refractivity contribution in [2.24, 2.45) is 0 Å². The van der Waals surface area contributed by atoms with Gasteiger partial charge in [-0.2, -0.15) is 0 Å². The van der Waals surface area contributed by atoms with Gasteiger partial charge >= 0.3 is 5.97 Å². The lowest BCUT2D eigenvalue weighted by atomic mass is 9.96. The SMILES string of the molecule is O=C(Oc1ccc2c(c1)OC(c1ccccc1)CC2=O)c1ccccc1. The van der Waals surface area contributed by atoms with Crippen LogP contribution in [0.4, 0.5) is 0 Å². The minimum absolute atomic E-state index is 0.0149. The zero-order valence-corrected chi connectivity index (χ0v) is 13.9. The third-order valence-electron chi connectivity index (χ3n) is 4.28. The second-order valence-electron chi connectivity index (χ2n) is 6.06. The second-order valence-corrected chi connectivity index (χ2v) is 6.06. The van der Waals surface area contributed by atoms with Crippen LogP contribution >= 0.6 is 0 Å². The fourth-order valence-corrected chi connectivity index (χ4v) is 2.96. The molecule has 1 heterocycles. The molecule has 4 rings (SSSR count). The standard InChI is InChI=1S/C22H16O4/c23-19-14-20(15-7-3-1-4-8-15)26-21-13-17(11-12-18(19)21)25-22(24)16-9-5-2-6-10-16/h1-13,20H,14H2. The summed E-state index contributed by atoms with van der Waals surface area (Å²) >= 11 is 0.